The van der Waals surface area contributed by atoms with Gasteiger partial charge in [0, 0.05) is 54.2 Å². The standard InChI is InChI=1S/C27H38O16S2/c1-11(28)35-9-18-20(36-12(2)29)22(38-14(4)31)25(41-17(7)34)27(42-18)45-10-19-21(37-13(3)30)23(39-15(5)32)24(40-16(6)33)26(43-19)44-8/h18-27H,9-10H2,1-8H3/t18-,19-,20-,21-,22+,23+,24+,25+,26-,27-/m1/s1. The van der Waals surface area contributed by atoms with Crippen LogP contribution in [0.1, 0.15) is 48.5 Å². The summed E-state index contributed by atoms with van der Waals surface area (Å²) in [6, 6.07) is 0. The van der Waals surface area contributed by atoms with E-state index >= 15 is 0 Å². The molecule has 0 aromatic rings. The van der Waals surface area contributed by atoms with E-state index in [-0.39, 0.29) is 5.75 Å². The lowest BCUT2D eigenvalue weighted by Crippen LogP contribution is -2.62. The van der Waals surface area contributed by atoms with Crippen molar-refractivity contribution in [1.29, 1.82) is 0 Å². The number of carbonyl (C=O) groups excluding carboxylic acids is 7. The summed E-state index contributed by atoms with van der Waals surface area (Å²) >= 11 is 2.13. The van der Waals surface area contributed by atoms with Gasteiger partial charge in [-0.15, -0.1) is 23.5 Å². The molecule has 0 N–H and O–H groups in total. The molecule has 2 aliphatic rings. The van der Waals surface area contributed by atoms with Crippen molar-refractivity contribution in [1.82, 2.24) is 0 Å². The number of hydrogen-bond acceptors (Lipinski definition) is 18. The molecule has 45 heavy (non-hydrogen) atoms. The van der Waals surface area contributed by atoms with Crippen molar-refractivity contribution < 1.29 is 76.2 Å². The topological polar surface area (TPSA) is 203 Å². The maximum absolute atomic E-state index is 12.2. The molecule has 2 heterocycles. The van der Waals surface area contributed by atoms with Crippen LogP contribution in [-0.4, -0.2) is 120 Å². The zero-order valence-electron chi connectivity index (χ0n) is 26.0. The first-order valence-corrected chi connectivity index (χ1v) is 16.0. The minimum atomic E-state index is -1.39. The van der Waals surface area contributed by atoms with Gasteiger partial charge in [0.2, 0.25) is 0 Å². The van der Waals surface area contributed by atoms with Crippen LogP contribution < -0.4 is 0 Å². The largest absolute Gasteiger partial charge is 0.463 e. The Labute approximate surface area is 268 Å². The predicted octanol–water partition coefficient (Wildman–Crippen LogP) is 0.686. The summed E-state index contributed by atoms with van der Waals surface area (Å²) in [5, 5.41) is 0. The lowest BCUT2D eigenvalue weighted by Gasteiger charge is -2.46. The van der Waals surface area contributed by atoms with Gasteiger partial charge in [0.1, 0.15) is 29.7 Å². The Morgan fingerprint density at radius 2 is 0.844 bits per heavy atom. The van der Waals surface area contributed by atoms with Crippen LogP contribution in [0.2, 0.25) is 0 Å². The second-order valence-electron chi connectivity index (χ2n) is 9.90. The van der Waals surface area contributed by atoms with E-state index < -0.39 is 108 Å². The fourth-order valence-corrected chi connectivity index (χ4v) is 6.69. The van der Waals surface area contributed by atoms with Crippen LogP contribution in [-0.2, 0) is 76.2 Å². The molecule has 0 bridgehead atoms. The van der Waals surface area contributed by atoms with E-state index in [1.807, 2.05) is 0 Å². The quantitative estimate of drug-likeness (QED) is 0.205. The van der Waals surface area contributed by atoms with Gasteiger partial charge in [0.05, 0.1) is 0 Å². The third-order valence-electron chi connectivity index (χ3n) is 6.10. The normalized spacial score (nSPS) is 31.0. The molecule has 2 saturated heterocycles. The molecular weight excluding hydrogens is 644 g/mol. The van der Waals surface area contributed by atoms with Gasteiger partial charge in [0.15, 0.2) is 36.6 Å². The monoisotopic (exact) mass is 682 g/mol. The molecule has 0 aliphatic carbocycles. The van der Waals surface area contributed by atoms with E-state index in [9.17, 15) is 33.6 Å². The van der Waals surface area contributed by atoms with Crippen LogP contribution in [0.15, 0.2) is 0 Å². The van der Waals surface area contributed by atoms with Crippen molar-refractivity contribution in [3.8, 4) is 0 Å². The fourth-order valence-electron chi connectivity index (χ4n) is 4.69. The van der Waals surface area contributed by atoms with Gasteiger partial charge >= 0.3 is 41.8 Å². The maximum atomic E-state index is 12.2. The second kappa shape index (κ2) is 17.6. The molecule has 254 valence electrons. The Kier molecular flexibility index (Phi) is 14.9. The summed E-state index contributed by atoms with van der Waals surface area (Å²) in [5.41, 5.74) is -2.02. The zero-order chi connectivity index (χ0) is 34.0. The summed E-state index contributed by atoms with van der Waals surface area (Å²) in [4.78, 5) is 84.0. The number of esters is 7. The Morgan fingerprint density at radius 3 is 1.24 bits per heavy atom. The zero-order valence-corrected chi connectivity index (χ0v) is 27.7. The Bertz CT molecular complexity index is 1110. The van der Waals surface area contributed by atoms with Crippen LogP contribution >= 0.6 is 23.5 Å². The lowest BCUT2D eigenvalue weighted by atomic mass is 9.99. The highest BCUT2D eigenvalue weighted by Gasteiger charge is 2.55. The van der Waals surface area contributed by atoms with Gasteiger partial charge < -0.3 is 42.6 Å². The highest BCUT2D eigenvalue weighted by atomic mass is 32.2. The summed E-state index contributed by atoms with van der Waals surface area (Å²) < 4.78 is 50.1. The molecule has 10 atom stereocenters. The smallest absolute Gasteiger partial charge is 0.303 e. The molecule has 0 unspecified atom stereocenters. The van der Waals surface area contributed by atoms with Crippen molar-refractivity contribution in [3.05, 3.63) is 0 Å². The maximum Gasteiger partial charge on any atom is 0.303 e. The Balaban J connectivity index is 2.51. The van der Waals surface area contributed by atoms with E-state index in [1.165, 1.54) is 0 Å². The number of ether oxygens (including phenoxy) is 9. The van der Waals surface area contributed by atoms with E-state index in [2.05, 4.69) is 0 Å². The van der Waals surface area contributed by atoms with Crippen molar-refractivity contribution in [2.24, 2.45) is 0 Å². The number of hydrogen-bond donors (Lipinski definition) is 0. The van der Waals surface area contributed by atoms with Crippen LogP contribution in [0, 0.1) is 0 Å². The van der Waals surface area contributed by atoms with Crippen molar-refractivity contribution in [2.75, 3.05) is 18.6 Å². The van der Waals surface area contributed by atoms with E-state index in [0.717, 1.165) is 72.0 Å². The number of carbonyl (C=O) groups is 7. The molecule has 0 radical (unpaired) electrons. The second-order valence-corrected chi connectivity index (χ2v) is 12.0. The molecule has 2 aliphatic heterocycles. The average Bonchev–Trinajstić information content (AvgIpc) is 2.90. The third kappa shape index (κ3) is 11.7. The van der Waals surface area contributed by atoms with Crippen molar-refractivity contribution in [3.63, 3.8) is 0 Å². The molecule has 2 rings (SSSR count). The first-order valence-electron chi connectivity index (χ1n) is 13.7. The Morgan fingerprint density at radius 1 is 0.489 bits per heavy atom. The van der Waals surface area contributed by atoms with Gasteiger partial charge in [-0.05, 0) is 6.26 Å². The van der Waals surface area contributed by atoms with Crippen molar-refractivity contribution >= 4 is 65.3 Å². The highest BCUT2D eigenvalue weighted by Crippen LogP contribution is 2.38. The summed E-state index contributed by atoms with van der Waals surface area (Å²) in [6.45, 7) is 7.49. The minimum absolute atomic E-state index is 0.0761. The van der Waals surface area contributed by atoms with E-state index in [0.29, 0.717) is 0 Å². The molecule has 2 fully saturated rings. The molecule has 0 saturated carbocycles. The van der Waals surface area contributed by atoms with Gasteiger partial charge in [-0.1, -0.05) is 0 Å². The molecule has 0 aromatic carbocycles. The van der Waals surface area contributed by atoms with Crippen LogP contribution in [0.3, 0.4) is 0 Å². The Hall–Kier alpha value is -3.09. The summed E-state index contributed by atoms with van der Waals surface area (Å²) in [5.74, 6) is -5.26. The number of rotatable bonds is 12. The van der Waals surface area contributed by atoms with Crippen molar-refractivity contribution in [2.45, 2.75) is 108 Å². The summed E-state index contributed by atoms with van der Waals surface area (Å²) in [6.07, 6.45) is -8.27. The first kappa shape index (κ1) is 38.1. The molecule has 0 amide bonds. The number of thioether (sulfide) groups is 2. The molecule has 0 aromatic heterocycles. The average molecular weight is 683 g/mol. The lowest BCUT2D eigenvalue weighted by molar-refractivity contribution is -0.238. The molecule has 18 heteroatoms. The predicted molar refractivity (Wildman–Crippen MR) is 153 cm³/mol. The van der Waals surface area contributed by atoms with Gasteiger partial charge in [0.25, 0.3) is 0 Å². The fraction of sp³-hybridized carbons (Fsp3) is 0.741. The van der Waals surface area contributed by atoms with Crippen LogP contribution in [0.5, 0.6) is 0 Å². The molecular formula is C27H38O16S2. The third-order valence-corrected chi connectivity index (χ3v) is 8.18. The van der Waals surface area contributed by atoms with E-state index in [1.54, 1.807) is 6.26 Å². The van der Waals surface area contributed by atoms with Gasteiger partial charge in [-0.3, -0.25) is 33.6 Å². The first-order chi connectivity index (χ1) is 21.0. The van der Waals surface area contributed by atoms with Gasteiger partial charge in [-0.2, -0.15) is 0 Å². The molecule has 16 nitrogen and oxygen atoms in total. The highest BCUT2D eigenvalue weighted by molar-refractivity contribution is 8.00. The van der Waals surface area contributed by atoms with Crippen LogP contribution in [0.4, 0.5) is 0 Å². The molecule has 0 spiro atoms. The minimum Gasteiger partial charge on any atom is -0.463 e. The SMILES string of the molecule is CS[C@H]1O[C@H](CS[C@H]2O[C@H](COC(C)=O)[C@@H](OC(C)=O)[C@H](OC(C)=O)[C@@H]2OC(C)=O)[C@@H](OC(C)=O)[C@H](OC(C)=O)[C@@H]1OC(C)=O. The van der Waals surface area contributed by atoms with Crippen LogP contribution in [0.25, 0.3) is 0 Å². The summed E-state index contributed by atoms with van der Waals surface area (Å²) in [7, 11) is 0. The van der Waals surface area contributed by atoms with E-state index in [4.69, 9.17) is 42.6 Å². The van der Waals surface area contributed by atoms with Gasteiger partial charge in [-0.25, -0.2) is 0 Å².